The number of urea groups is 1. The fraction of sp³-hybridized carbons (Fsp3) is 0.346. The van der Waals surface area contributed by atoms with Crippen molar-refractivity contribution in [2.24, 2.45) is 0 Å². The first-order chi connectivity index (χ1) is 18.8. The minimum Gasteiger partial charge on any atom is -0.497 e. The van der Waals surface area contributed by atoms with E-state index < -0.39 is 35.3 Å². The van der Waals surface area contributed by atoms with Crippen LogP contribution in [0.15, 0.2) is 30.3 Å². The summed E-state index contributed by atoms with van der Waals surface area (Å²) < 4.78 is 46.2. The first kappa shape index (κ1) is 27.4. The van der Waals surface area contributed by atoms with Gasteiger partial charge >= 0.3 is 12.2 Å². The molecule has 40 heavy (non-hydrogen) atoms. The number of methoxy groups -OCH3 is 1. The van der Waals surface area contributed by atoms with E-state index >= 15 is 0 Å². The molecule has 3 N–H and O–H groups in total. The molecule has 14 heteroatoms. The largest absolute Gasteiger partial charge is 0.497 e. The van der Waals surface area contributed by atoms with Crippen molar-refractivity contribution >= 4 is 51.0 Å². The van der Waals surface area contributed by atoms with Crippen LogP contribution in [0.1, 0.15) is 53.2 Å². The molecule has 3 heterocycles. The molecule has 5 rings (SSSR count). The zero-order valence-corrected chi connectivity index (χ0v) is 22.4. The van der Waals surface area contributed by atoms with E-state index in [2.05, 4.69) is 20.9 Å². The van der Waals surface area contributed by atoms with Crippen LogP contribution in [0.2, 0.25) is 0 Å². The monoisotopic (exact) mass is 575 g/mol. The lowest BCUT2D eigenvalue weighted by molar-refractivity contribution is -0.137. The van der Waals surface area contributed by atoms with Gasteiger partial charge in [0.25, 0.3) is 5.91 Å². The first-order valence-electron chi connectivity index (χ1n) is 12.2. The summed E-state index contributed by atoms with van der Waals surface area (Å²) >= 11 is 1.01. The fourth-order valence-corrected chi connectivity index (χ4v) is 5.84. The lowest BCUT2D eigenvalue weighted by Gasteiger charge is -2.29. The number of alkyl halides is 3. The minimum absolute atomic E-state index is 0.0461. The Kier molecular flexibility index (Phi) is 6.68. The molecule has 2 aliphatic rings. The number of benzene rings is 2. The molecule has 0 radical (unpaired) electrons. The number of carbonyl (C=O) groups excluding carboxylic acids is 4. The summed E-state index contributed by atoms with van der Waals surface area (Å²) in [7, 11) is 1.28. The molecule has 2 aromatic carbocycles. The van der Waals surface area contributed by atoms with E-state index in [1.54, 1.807) is 26.0 Å². The molecule has 1 aromatic heterocycles. The van der Waals surface area contributed by atoms with Crippen LogP contribution in [0, 0.1) is 0 Å². The van der Waals surface area contributed by atoms with Crippen LogP contribution in [-0.4, -0.2) is 46.8 Å². The van der Waals surface area contributed by atoms with Crippen LogP contribution >= 0.6 is 11.3 Å². The number of aromatic nitrogens is 1. The highest BCUT2D eigenvalue weighted by Crippen LogP contribution is 2.41. The third-order valence-electron chi connectivity index (χ3n) is 6.75. The van der Waals surface area contributed by atoms with Gasteiger partial charge in [0.1, 0.15) is 16.8 Å². The maximum atomic E-state index is 13.6. The fourth-order valence-electron chi connectivity index (χ4n) is 4.76. The van der Waals surface area contributed by atoms with Crippen molar-refractivity contribution in [1.82, 2.24) is 20.5 Å². The van der Waals surface area contributed by atoms with Gasteiger partial charge in [-0.15, -0.1) is 11.3 Å². The second-order valence-corrected chi connectivity index (χ2v) is 11.0. The van der Waals surface area contributed by atoms with Crippen molar-refractivity contribution in [3.63, 3.8) is 0 Å². The van der Waals surface area contributed by atoms with Gasteiger partial charge in [-0.1, -0.05) is 0 Å². The number of hydrogen-bond donors (Lipinski definition) is 3. The number of ether oxygens (including phenoxy) is 1. The number of fused-ring (bicyclic) bond motifs is 2. The maximum absolute atomic E-state index is 13.6. The number of halogens is 3. The van der Waals surface area contributed by atoms with Gasteiger partial charge in [-0.05, 0) is 56.2 Å². The summed E-state index contributed by atoms with van der Waals surface area (Å²) in [5.74, 6) is -1.19. The summed E-state index contributed by atoms with van der Waals surface area (Å²) in [5.41, 5.74) is -0.929. The molecule has 210 valence electrons. The van der Waals surface area contributed by atoms with E-state index in [-0.39, 0.29) is 52.2 Å². The molecule has 0 aliphatic carbocycles. The van der Waals surface area contributed by atoms with E-state index in [9.17, 15) is 32.3 Å². The highest BCUT2D eigenvalue weighted by Gasteiger charge is 2.39. The molecule has 1 saturated heterocycles. The van der Waals surface area contributed by atoms with Crippen molar-refractivity contribution in [2.45, 2.75) is 51.0 Å². The summed E-state index contributed by atoms with van der Waals surface area (Å²) in [5, 5.41) is 7.93. The Bertz CT molecular complexity index is 1570. The van der Waals surface area contributed by atoms with Crippen LogP contribution in [0.25, 0.3) is 10.2 Å². The molecule has 0 bridgehead atoms. The lowest BCUT2D eigenvalue weighted by Crippen LogP contribution is -2.52. The highest BCUT2D eigenvalue weighted by atomic mass is 32.1. The Labute approximate surface area is 229 Å². The normalized spacial score (nSPS) is 17.6. The van der Waals surface area contributed by atoms with Gasteiger partial charge in [0, 0.05) is 24.2 Å². The molecule has 0 saturated carbocycles. The molecule has 10 nitrogen and oxygen atoms in total. The van der Waals surface area contributed by atoms with Crippen LogP contribution in [0.4, 0.5) is 23.7 Å². The Balaban J connectivity index is 1.31. The van der Waals surface area contributed by atoms with Gasteiger partial charge in [0.2, 0.25) is 11.8 Å². The van der Waals surface area contributed by atoms with Gasteiger partial charge in [-0.3, -0.25) is 19.7 Å². The number of thiazole rings is 1. The number of piperidine rings is 1. The average Bonchev–Trinajstić information content (AvgIpc) is 3.44. The molecule has 5 amide bonds. The second kappa shape index (κ2) is 9.77. The Morgan fingerprint density at radius 2 is 1.93 bits per heavy atom. The van der Waals surface area contributed by atoms with E-state index in [0.29, 0.717) is 16.8 Å². The van der Waals surface area contributed by atoms with E-state index in [1.807, 2.05) is 0 Å². The average molecular weight is 576 g/mol. The van der Waals surface area contributed by atoms with Crippen LogP contribution in [0.3, 0.4) is 0 Å². The Morgan fingerprint density at radius 3 is 2.60 bits per heavy atom. The van der Waals surface area contributed by atoms with Gasteiger partial charge in [-0.2, -0.15) is 13.2 Å². The molecule has 0 spiro atoms. The molecule has 1 atom stereocenters. The minimum atomic E-state index is -4.64. The van der Waals surface area contributed by atoms with Crippen molar-refractivity contribution in [3.8, 4) is 5.75 Å². The van der Waals surface area contributed by atoms with Crippen molar-refractivity contribution in [1.29, 1.82) is 0 Å². The summed E-state index contributed by atoms with van der Waals surface area (Å²) in [4.78, 5) is 55.1. The Hall–Kier alpha value is -4.20. The summed E-state index contributed by atoms with van der Waals surface area (Å²) in [6, 6.07) is 5.66. The summed E-state index contributed by atoms with van der Waals surface area (Å²) in [6.07, 6.45) is -4.27. The molecule has 1 unspecified atom stereocenters. The standard InChI is InChI=1S/C26H24F3N5O5S/c1-25(2,23-32-20-16(26(27,28)29)9-14(39-3)10-18(20)40-23)33-24(38)30-13-4-5-15-12(8-13)11-34(22(15)37)17-6-7-19(35)31-21(17)36/h4-5,8-10,17H,6-7,11H2,1-3H3,(H2,30,33,38)(H,31,35,36). The lowest BCUT2D eigenvalue weighted by atomic mass is 10.0. The number of anilines is 1. The quantitative estimate of drug-likeness (QED) is 0.392. The number of amides is 5. The van der Waals surface area contributed by atoms with Crippen LogP contribution < -0.4 is 20.7 Å². The third kappa shape index (κ3) is 5.06. The second-order valence-electron chi connectivity index (χ2n) is 10.0. The van der Waals surface area contributed by atoms with Gasteiger partial charge < -0.3 is 20.3 Å². The summed E-state index contributed by atoms with van der Waals surface area (Å²) in [6.45, 7) is 3.38. The molecule has 2 aliphatic heterocycles. The van der Waals surface area contributed by atoms with E-state index in [1.165, 1.54) is 24.1 Å². The number of nitrogens with one attached hydrogen (secondary N) is 3. The van der Waals surface area contributed by atoms with Gasteiger partial charge in [0.05, 0.1) is 28.4 Å². The zero-order valence-electron chi connectivity index (χ0n) is 21.6. The van der Waals surface area contributed by atoms with E-state index in [0.717, 1.165) is 17.4 Å². The number of rotatable bonds is 5. The van der Waals surface area contributed by atoms with E-state index in [4.69, 9.17) is 4.74 Å². The Morgan fingerprint density at radius 1 is 1.18 bits per heavy atom. The SMILES string of the molecule is COc1cc(C(F)(F)F)c2nc(C(C)(C)NC(=O)Nc3ccc4c(c3)CN(C3CCC(=O)NC3=O)C4=O)sc2c1. The predicted octanol–water partition coefficient (Wildman–Crippen LogP) is 4.14. The highest BCUT2D eigenvalue weighted by molar-refractivity contribution is 7.18. The third-order valence-corrected chi connectivity index (χ3v) is 8.08. The number of carbonyl (C=O) groups is 4. The van der Waals surface area contributed by atoms with Gasteiger partial charge in [0.15, 0.2) is 0 Å². The van der Waals surface area contributed by atoms with Crippen LogP contribution in [-0.2, 0) is 27.8 Å². The number of imide groups is 1. The first-order valence-corrected chi connectivity index (χ1v) is 13.0. The topological polar surface area (TPSA) is 130 Å². The van der Waals surface area contributed by atoms with Gasteiger partial charge in [-0.25, -0.2) is 9.78 Å². The molecular weight excluding hydrogens is 551 g/mol. The van der Waals surface area contributed by atoms with Crippen molar-refractivity contribution < 1.29 is 37.1 Å². The van der Waals surface area contributed by atoms with Crippen molar-refractivity contribution in [2.75, 3.05) is 12.4 Å². The van der Waals surface area contributed by atoms with Crippen molar-refractivity contribution in [3.05, 3.63) is 52.0 Å². The molecular formula is C26H24F3N5O5S. The zero-order chi connectivity index (χ0) is 29.0. The predicted molar refractivity (Wildman–Crippen MR) is 139 cm³/mol. The number of hydrogen-bond acceptors (Lipinski definition) is 7. The number of nitrogens with zero attached hydrogens (tertiary/aromatic N) is 2. The maximum Gasteiger partial charge on any atom is 0.418 e. The molecule has 1 fully saturated rings. The molecule has 3 aromatic rings. The smallest absolute Gasteiger partial charge is 0.418 e. The van der Waals surface area contributed by atoms with Crippen LogP contribution in [0.5, 0.6) is 5.75 Å².